The van der Waals surface area contributed by atoms with Gasteiger partial charge in [-0.05, 0) is 18.1 Å². The van der Waals surface area contributed by atoms with Gasteiger partial charge in [0.05, 0.1) is 16.9 Å². The number of amides is 1. The van der Waals surface area contributed by atoms with Crippen LogP contribution in [0.1, 0.15) is 12.0 Å². The van der Waals surface area contributed by atoms with E-state index in [0.29, 0.717) is 35.1 Å². The molecule has 6 heteroatoms. The monoisotopic (exact) mass is 289 g/mol. The third-order valence-electron chi connectivity index (χ3n) is 3.04. The molecule has 0 bridgehead atoms. The first-order valence-electron chi connectivity index (χ1n) is 6.12. The number of aryl methyl sites for hydroxylation is 1. The first kappa shape index (κ1) is 12.7. The van der Waals surface area contributed by atoms with Crippen LogP contribution in [-0.4, -0.2) is 10.9 Å². The van der Waals surface area contributed by atoms with E-state index in [1.165, 1.54) is 6.20 Å². The predicted octanol–water partition coefficient (Wildman–Crippen LogP) is 2.99. The van der Waals surface area contributed by atoms with Crippen LogP contribution >= 0.6 is 11.6 Å². The molecule has 1 aliphatic rings. The molecule has 0 saturated heterocycles. The van der Waals surface area contributed by atoms with Crippen LogP contribution in [0, 0.1) is 0 Å². The third-order valence-corrected chi connectivity index (χ3v) is 3.25. The zero-order valence-corrected chi connectivity index (χ0v) is 11.3. The molecular formula is C14H12ClN3O2. The zero-order valence-electron chi connectivity index (χ0n) is 10.5. The summed E-state index contributed by atoms with van der Waals surface area (Å²) in [5.74, 6) is 0.957. The van der Waals surface area contributed by atoms with E-state index in [2.05, 4.69) is 10.3 Å². The molecule has 0 spiro atoms. The summed E-state index contributed by atoms with van der Waals surface area (Å²) in [5.41, 5.74) is 8.24. The summed E-state index contributed by atoms with van der Waals surface area (Å²) in [6.07, 6.45) is 4.23. The Bertz CT molecular complexity index is 688. The highest BCUT2D eigenvalue weighted by Crippen LogP contribution is 2.35. The Balaban J connectivity index is 1.94. The van der Waals surface area contributed by atoms with Gasteiger partial charge in [-0.3, -0.25) is 9.78 Å². The summed E-state index contributed by atoms with van der Waals surface area (Å²) in [6, 6.07) is 5.19. The first-order valence-corrected chi connectivity index (χ1v) is 6.50. The van der Waals surface area contributed by atoms with Gasteiger partial charge >= 0.3 is 0 Å². The quantitative estimate of drug-likeness (QED) is 0.833. The van der Waals surface area contributed by atoms with Gasteiger partial charge in [0, 0.05) is 30.4 Å². The minimum Gasteiger partial charge on any atom is -0.453 e. The lowest BCUT2D eigenvalue weighted by Crippen LogP contribution is -2.19. The first-order chi connectivity index (χ1) is 9.61. The van der Waals surface area contributed by atoms with Crippen molar-refractivity contribution in [1.82, 2.24) is 4.98 Å². The largest absolute Gasteiger partial charge is 0.453 e. The van der Waals surface area contributed by atoms with Crippen molar-refractivity contribution >= 4 is 28.9 Å². The molecular weight excluding hydrogens is 278 g/mol. The lowest BCUT2D eigenvalue weighted by Gasteiger charge is -2.19. The molecule has 3 N–H and O–H groups in total. The maximum absolute atomic E-state index is 11.4. The van der Waals surface area contributed by atoms with Crippen molar-refractivity contribution in [1.29, 1.82) is 0 Å². The molecule has 102 valence electrons. The average Bonchev–Trinajstić information content (AvgIpc) is 2.40. The molecule has 0 atom stereocenters. The van der Waals surface area contributed by atoms with Gasteiger partial charge in [-0.25, -0.2) is 0 Å². The number of aromatic nitrogens is 1. The molecule has 0 fully saturated rings. The topological polar surface area (TPSA) is 77.2 Å². The maximum atomic E-state index is 11.4. The lowest BCUT2D eigenvalue weighted by molar-refractivity contribution is -0.116. The number of nitrogens with one attached hydrogen (secondary N) is 1. The average molecular weight is 290 g/mol. The number of anilines is 2. The molecule has 1 amide bonds. The number of fused-ring (bicyclic) bond motifs is 1. The maximum Gasteiger partial charge on any atom is 0.224 e. The van der Waals surface area contributed by atoms with Crippen LogP contribution in [0.2, 0.25) is 5.02 Å². The molecule has 2 aromatic rings. The summed E-state index contributed by atoms with van der Waals surface area (Å²) in [6.45, 7) is 0. The number of rotatable bonds is 2. The van der Waals surface area contributed by atoms with E-state index >= 15 is 0 Å². The van der Waals surface area contributed by atoms with Crippen LogP contribution < -0.4 is 15.8 Å². The Morgan fingerprint density at radius 3 is 2.90 bits per heavy atom. The Morgan fingerprint density at radius 1 is 1.25 bits per heavy atom. The van der Waals surface area contributed by atoms with Crippen molar-refractivity contribution in [3.8, 4) is 11.5 Å². The number of hydrogen-bond acceptors (Lipinski definition) is 4. The van der Waals surface area contributed by atoms with Crippen LogP contribution in [0.5, 0.6) is 11.5 Å². The molecule has 0 aliphatic carbocycles. The molecule has 0 saturated carbocycles. The van der Waals surface area contributed by atoms with Gasteiger partial charge in [-0.15, -0.1) is 0 Å². The number of benzene rings is 1. The Morgan fingerprint density at radius 2 is 2.10 bits per heavy atom. The van der Waals surface area contributed by atoms with E-state index in [4.69, 9.17) is 22.1 Å². The number of halogens is 1. The second-order valence-electron chi connectivity index (χ2n) is 4.54. The molecule has 1 aromatic carbocycles. The van der Waals surface area contributed by atoms with Crippen molar-refractivity contribution in [2.75, 3.05) is 11.1 Å². The number of pyridine rings is 1. The van der Waals surface area contributed by atoms with Crippen molar-refractivity contribution in [3.05, 3.63) is 41.2 Å². The minimum atomic E-state index is -0.00218. The summed E-state index contributed by atoms with van der Waals surface area (Å²) in [4.78, 5) is 15.4. The molecule has 1 aliphatic heterocycles. The molecule has 2 heterocycles. The van der Waals surface area contributed by atoms with Crippen LogP contribution in [-0.2, 0) is 11.2 Å². The minimum absolute atomic E-state index is 0.00218. The van der Waals surface area contributed by atoms with Gasteiger partial charge in [0.2, 0.25) is 5.91 Å². The summed E-state index contributed by atoms with van der Waals surface area (Å²) in [7, 11) is 0. The van der Waals surface area contributed by atoms with E-state index < -0.39 is 0 Å². The van der Waals surface area contributed by atoms with Crippen LogP contribution in [0.15, 0.2) is 30.6 Å². The number of nitrogens with zero attached hydrogens (tertiary/aromatic N) is 1. The molecule has 20 heavy (non-hydrogen) atoms. The van der Waals surface area contributed by atoms with Gasteiger partial charge < -0.3 is 15.8 Å². The van der Waals surface area contributed by atoms with Crippen LogP contribution in [0.4, 0.5) is 11.4 Å². The van der Waals surface area contributed by atoms with Crippen molar-refractivity contribution in [2.24, 2.45) is 0 Å². The molecule has 0 unspecified atom stereocenters. The SMILES string of the molecule is Nc1cc2c(cc1Oc1cncc(Cl)c1)NC(=O)CC2. The third kappa shape index (κ3) is 2.53. The second-order valence-corrected chi connectivity index (χ2v) is 4.97. The van der Waals surface area contributed by atoms with E-state index in [1.807, 2.05) is 6.07 Å². The zero-order chi connectivity index (χ0) is 14.1. The van der Waals surface area contributed by atoms with Gasteiger partial charge in [-0.1, -0.05) is 11.6 Å². The van der Waals surface area contributed by atoms with Gasteiger partial charge in [0.25, 0.3) is 0 Å². The highest BCUT2D eigenvalue weighted by atomic mass is 35.5. The lowest BCUT2D eigenvalue weighted by atomic mass is 10.0. The standard InChI is InChI=1S/C14H12ClN3O2/c15-9-4-10(7-17-6-9)20-13-5-12-8(3-11(13)16)1-2-14(19)18-12/h3-7H,1-2,16H2,(H,18,19). The van der Waals surface area contributed by atoms with E-state index in [0.717, 1.165) is 11.3 Å². The van der Waals surface area contributed by atoms with Crippen molar-refractivity contribution < 1.29 is 9.53 Å². The van der Waals surface area contributed by atoms with E-state index in [-0.39, 0.29) is 5.91 Å². The van der Waals surface area contributed by atoms with Crippen LogP contribution in [0.3, 0.4) is 0 Å². The molecule has 1 aromatic heterocycles. The smallest absolute Gasteiger partial charge is 0.224 e. The molecule has 0 radical (unpaired) electrons. The van der Waals surface area contributed by atoms with E-state index in [9.17, 15) is 4.79 Å². The summed E-state index contributed by atoms with van der Waals surface area (Å²) >= 11 is 5.85. The number of ether oxygens (including phenoxy) is 1. The van der Waals surface area contributed by atoms with Gasteiger partial charge in [0.1, 0.15) is 5.75 Å². The Kier molecular flexibility index (Phi) is 3.20. The number of hydrogen-bond donors (Lipinski definition) is 2. The van der Waals surface area contributed by atoms with E-state index in [1.54, 1.807) is 18.3 Å². The van der Waals surface area contributed by atoms with Gasteiger partial charge in [0.15, 0.2) is 5.75 Å². The molecule has 5 nitrogen and oxygen atoms in total. The second kappa shape index (κ2) is 5.02. The van der Waals surface area contributed by atoms with Crippen molar-refractivity contribution in [3.63, 3.8) is 0 Å². The highest BCUT2D eigenvalue weighted by Gasteiger charge is 2.17. The summed E-state index contributed by atoms with van der Waals surface area (Å²) < 4.78 is 5.67. The number of carbonyl (C=O) groups is 1. The normalized spacial score (nSPS) is 13.6. The molecule has 3 rings (SSSR count). The Hall–Kier alpha value is -2.27. The highest BCUT2D eigenvalue weighted by molar-refractivity contribution is 6.30. The Labute approximate surface area is 120 Å². The number of nitrogen functional groups attached to an aromatic ring is 1. The van der Waals surface area contributed by atoms with Crippen LogP contribution in [0.25, 0.3) is 0 Å². The number of nitrogens with two attached hydrogens (primary N) is 1. The fourth-order valence-electron chi connectivity index (χ4n) is 2.09. The fraction of sp³-hybridized carbons (Fsp3) is 0.143. The number of carbonyl (C=O) groups excluding carboxylic acids is 1. The summed E-state index contributed by atoms with van der Waals surface area (Å²) in [5, 5.41) is 3.29. The van der Waals surface area contributed by atoms with Gasteiger partial charge in [-0.2, -0.15) is 0 Å². The fourth-order valence-corrected chi connectivity index (χ4v) is 2.26. The predicted molar refractivity (Wildman–Crippen MR) is 77.1 cm³/mol. The van der Waals surface area contributed by atoms with Crippen molar-refractivity contribution in [2.45, 2.75) is 12.8 Å².